The fourth-order valence-corrected chi connectivity index (χ4v) is 4.64. The smallest absolute Gasteiger partial charge is 0.224 e. The molecular weight excluding hydrogens is 368 g/mol. The quantitative estimate of drug-likeness (QED) is 0.626. The molecule has 0 unspecified atom stereocenters. The Morgan fingerprint density at radius 3 is 2.68 bits per heavy atom. The minimum atomic E-state index is 0.278. The Kier molecular flexibility index (Phi) is 4.72. The Hall–Kier alpha value is -2.47. The standard InChI is InChI=1S/C22H24N4OS/c27-20(25-12-3-4-13-25)11-14-26(16-9-10-16)22-17-6-1-2-7-18(17)23-21(24-22)19-8-5-15-28-19/h1-2,5-8,15-16H,3-4,9-14H2. The van der Waals surface area contributed by atoms with Crippen LogP contribution in [-0.4, -0.2) is 46.5 Å². The van der Waals surface area contributed by atoms with Crippen molar-refractivity contribution in [2.24, 2.45) is 0 Å². The van der Waals surface area contributed by atoms with Crippen LogP contribution in [0, 0.1) is 0 Å². The van der Waals surface area contributed by atoms with Crippen LogP contribution < -0.4 is 4.90 Å². The topological polar surface area (TPSA) is 49.3 Å². The highest BCUT2D eigenvalue weighted by atomic mass is 32.1. The maximum absolute atomic E-state index is 12.6. The van der Waals surface area contributed by atoms with Crippen LogP contribution in [0.2, 0.25) is 0 Å². The van der Waals surface area contributed by atoms with Crippen molar-refractivity contribution in [3.05, 3.63) is 41.8 Å². The van der Waals surface area contributed by atoms with E-state index in [9.17, 15) is 4.79 Å². The maximum Gasteiger partial charge on any atom is 0.224 e. The molecule has 1 aliphatic carbocycles. The van der Waals surface area contributed by atoms with Gasteiger partial charge in [-0.3, -0.25) is 4.79 Å². The molecule has 0 radical (unpaired) electrons. The molecule has 0 spiro atoms. The van der Waals surface area contributed by atoms with Crippen molar-refractivity contribution < 1.29 is 4.79 Å². The summed E-state index contributed by atoms with van der Waals surface area (Å²) in [5, 5.41) is 3.13. The number of likely N-dealkylation sites (tertiary alicyclic amines) is 1. The van der Waals surface area contributed by atoms with Gasteiger partial charge in [-0.2, -0.15) is 0 Å². The molecule has 0 N–H and O–H groups in total. The van der Waals surface area contributed by atoms with Crippen molar-refractivity contribution >= 4 is 34.0 Å². The number of nitrogens with zero attached hydrogens (tertiary/aromatic N) is 4. The summed E-state index contributed by atoms with van der Waals surface area (Å²) in [4.78, 5) is 27.8. The molecule has 1 saturated carbocycles. The van der Waals surface area contributed by atoms with Crippen LogP contribution in [0.5, 0.6) is 0 Å². The van der Waals surface area contributed by atoms with Crippen LogP contribution >= 0.6 is 11.3 Å². The van der Waals surface area contributed by atoms with Crippen molar-refractivity contribution in [2.45, 2.75) is 38.1 Å². The summed E-state index contributed by atoms with van der Waals surface area (Å²) in [5.74, 6) is 2.03. The van der Waals surface area contributed by atoms with Crippen LogP contribution in [0.25, 0.3) is 21.6 Å². The number of thiophene rings is 1. The fraction of sp³-hybridized carbons (Fsp3) is 0.409. The molecule has 2 aliphatic rings. The first-order valence-corrected chi connectivity index (χ1v) is 11.0. The molecule has 144 valence electrons. The molecule has 1 aromatic carbocycles. The second kappa shape index (κ2) is 7.51. The lowest BCUT2D eigenvalue weighted by Crippen LogP contribution is -2.34. The predicted octanol–water partition coefficient (Wildman–Crippen LogP) is 4.34. The van der Waals surface area contributed by atoms with E-state index in [0.717, 1.165) is 59.9 Å². The van der Waals surface area contributed by atoms with Gasteiger partial charge in [0, 0.05) is 37.5 Å². The summed E-state index contributed by atoms with van der Waals surface area (Å²) < 4.78 is 0. The summed E-state index contributed by atoms with van der Waals surface area (Å²) in [6, 6.07) is 12.8. The van der Waals surface area contributed by atoms with Crippen molar-refractivity contribution in [3.8, 4) is 10.7 Å². The second-order valence-electron chi connectivity index (χ2n) is 7.63. The highest BCUT2D eigenvalue weighted by Crippen LogP contribution is 2.36. The van der Waals surface area contributed by atoms with E-state index in [4.69, 9.17) is 9.97 Å². The Labute approximate surface area is 169 Å². The molecule has 1 saturated heterocycles. The van der Waals surface area contributed by atoms with Gasteiger partial charge in [-0.1, -0.05) is 18.2 Å². The van der Waals surface area contributed by atoms with E-state index in [1.807, 2.05) is 23.1 Å². The molecule has 3 aromatic rings. The van der Waals surface area contributed by atoms with Crippen LogP contribution in [0.4, 0.5) is 5.82 Å². The molecule has 6 heteroatoms. The van der Waals surface area contributed by atoms with E-state index in [-0.39, 0.29) is 5.91 Å². The van der Waals surface area contributed by atoms with Crippen molar-refractivity contribution in [2.75, 3.05) is 24.5 Å². The summed E-state index contributed by atoms with van der Waals surface area (Å²) in [6.07, 6.45) is 5.18. The predicted molar refractivity (Wildman–Crippen MR) is 114 cm³/mol. The van der Waals surface area contributed by atoms with Crippen LogP contribution in [0.1, 0.15) is 32.1 Å². The van der Waals surface area contributed by atoms with E-state index in [1.54, 1.807) is 11.3 Å². The zero-order valence-corrected chi connectivity index (χ0v) is 16.7. The molecule has 1 amide bonds. The van der Waals surface area contributed by atoms with Crippen LogP contribution in [-0.2, 0) is 4.79 Å². The summed E-state index contributed by atoms with van der Waals surface area (Å²) in [6.45, 7) is 2.56. The number of rotatable bonds is 6. The van der Waals surface area contributed by atoms with Gasteiger partial charge in [-0.05, 0) is 49.3 Å². The first kappa shape index (κ1) is 17.6. The molecular formula is C22H24N4OS. The zero-order chi connectivity index (χ0) is 18.9. The van der Waals surface area contributed by atoms with Crippen molar-refractivity contribution in [1.82, 2.24) is 14.9 Å². The molecule has 0 atom stereocenters. The summed E-state index contributed by atoms with van der Waals surface area (Å²) in [5.41, 5.74) is 0.965. The minimum absolute atomic E-state index is 0.278. The van der Waals surface area contributed by atoms with Crippen molar-refractivity contribution in [1.29, 1.82) is 0 Å². The first-order chi connectivity index (χ1) is 13.8. The third kappa shape index (κ3) is 3.49. The number of fused-ring (bicyclic) bond motifs is 1. The highest BCUT2D eigenvalue weighted by molar-refractivity contribution is 7.13. The van der Waals surface area contributed by atoms with Gasteiger partial charge in [0.1, 0.15) is 5.82 Å². The molecule has 2 fully saturated rings. The van der Waals surface area contributed by atoms with Gasteiger partial charge in [-0.15, -0.1) is 11.3 Å². The number of para-hydroxylation sites is 1. The molecule has 2 aromatic heterocycles. The van der Waals surface area contributed by atoms with Gasteiger partial charge in [-0.25, -0.2) is 9.97 Å². The van der Waals surface area contributed by atoms with Crippen LogP contribution in [0.3, 0.4) is 0 Å². The maximum atomic E-state index is 12.6. The Balaban J connectivity index is 1.48. The SMILES string of the molecule is O=C(CCN(c1nc(-c2cccs2)nc2ccccc12)C1CC1)N1CCCC1. The molecule has 5 nitrogen and oxygen atoms in total. The highest BCUT2D eigenvalue weighted by Gasteiger charge is 2.32. The Morgan fingerprint density at radius 2 is 1.93 bits per heavy atom. The van der Waals surface area contributed by atoms with E-state index >= 15 is 0 Å². The average Bonchev–Trinajstić information content (AvgIpc) is 3.20. The number of carbonyl (C=O) groups excluding carboxylic acids is 1. The van der Waals surface area contributed by atoms with Gasteiger partial charge in [0.25, 0.3) is 0 Å². The lowest BCUT2D eigenvalue weighted by Gasteiger charge is -2.26. The summed E-state index contributed by atoms with van der Waals surface area (Å²) in [7, 11) is 0. The molecule has 28 heavy (non-hydrogen) atoms. The first-order valence-electron chi connectivity index (χ1n) is 10.1. The normalized spacial score (nSPS) is 16.6. The fourth-order valence-electron chi connectivity index (χ4n) is 3.98. The number of anilines is 1. The number of hydrogen-bond donors (Lipinski definition) is 0. The zero-order valence-electron chi connectivity index (χ0n) is 15.9. The van der Waals surface area contributed by atoms with E-state index in [0.29, 0.717) is 12.5 Å². The number of hydrogen-bond acceptors (Lipinski definition) is 5. The summed E-state index contributed by atoms with van der Waals surface area (Å²) >= 11 is 1.66. The van der Waals surface area contributed by atoms with Gasteiger partial charge in [0.15, 0.2) is 5.82 Å². The minimum Gasteiger partial charge on any atom is -0.352 e. The molecule has 1 aliphatic heterocycles. The van der Waals surface area contributed by atoms with E-state index < -0.39 is 0 Å². The van der Waals surface area contributed by atoms with Gasteiger partial charge < -0.3 is 9.80 Å². The van der Waals surface area contributed by atoms with E-state index in [1.165, 1.54) is 12.8 Å². The average molecular weight is 393 g/mol. The Morgan fingerprint density at radius 1 is 1.11 bits per heavy atom. The lowest BCUT2D eigenvalue weighted by atomic mass is 10.2. The lowest BCUT2D eigenvalue weighted by molar-refractivity contribution is -0.129. The van der Waals surface area contributed by atoms with Gasteiger partial charge >= 0.3 is 0 Å². The number of benzene rings is 1. The largest absolute Gasteiger partial charge is 0.352 e. The number of amides is 1. The van der Waals surface area contributed by atoms with Gasteiger partial charge in [0.05, 0.1) is 10.4 Å². The third-order valence-corrected chi connectivity index (χ3v) is 6.48. The third-order valence-electron chi connectivity index (χ3n) is 5.61. The molecule has 0 bridgehead atoms. The monoisotopic (exact) mass is 392 g/mol. The number of carbonyl (C=O) groups is 1. The van der Waals surface area contributed by atoms with Crippen molar-refractivity contribution in [3.63, 3.8) is 0 Å². The molecule has 3 heterocycles. The Bertz CT molecular complexity index is 977. The van der Waals surface area contributed by atoms with Crippen LogP contribution in [0.15, 0.2) is 41.8 Å². The van der Waals surface area contributed by atoms with Gasteiger partial charge in [0.2, 0.25) is 5.91 Å². The molecule has 5 rings (SSSR count). The second-order valence-corrected chi connectivity index (χ2v) is 8.58. The number of aromatic nitrogens is 2. The van der Waals surface area contributed by atoms with E-state index in [2.05, 4.69) is 28.5 Å².